The molecule has 0 aliphatic carbocycles. The van der Waals surface area contributed by atoms with Gasteiger partial charge in [0, 0.05) is 25.4 Å². The summed E-state index contributed by atoms with van der Waals surface area (Å²) in [5, 5.41) is 12.8. The summed E-state index contributed by atoms with van der Waals surface area (Å²) in [6, 6.07) is 11.7. The molecule has 3 heterocycles. The summed E-state index contributed by atoms with van der Waals surface area (Å²) in [7, 11) is 1.60. The number of hydrogen-bond acceptors (Lipinski definition) is 5. The smallest absolute Gasteiger partial charge is 0.280 e. The van der Waals surface area contributed by atoms with Crippen molar-refractivity contribution in [2.45, 2.75) is 6.54 Å². The lowest BCUT2D eigenvalue weighted by Gasteiger charge is -2.06. The molecule has 0 radical (unpaired) electrons. The van der Waals surface area contributed by atoms with Crippen LogP contribution in [0.3, 0.4) is 0 Å². The summed E-state index contributed by atoms with van der Waals surface area (Å²) >= 11 is 0. The summed E-state index contributed by atoms with van der Waals surface area (Å²) in [5.41, 5.74) is 3.26. The van der Waals surface area contributed by atoms with Crippen LogP contribution >= 0.6 is 0 Å². The number of aromatic nitrogens is 5. The normalized spacial score (nSPS) is 11.4. The highest BCUT2D eigenvalue weighted by molar-refractivity contribution is 5.82. The number of pyridine rings is 1. The van der Waals surface area contributed by atoms with Crippen LogP contribution in [-0.2, 0) is 11.3 Å². The van der Waals surface area contributed by atoms with E-state index in [-0.39, 0.29) is 5.56 Å². The van der Waals surface area contributed by atoms with Gasteiger partial charge in [0.1, 0.15) is 5.52 Å². The average Bonchev–Trinajstić information content (AvgIpc) is 3.06. The van der Waals surface area contributed by atoms with Crippen molar-refractivity contribution in [1.29, 1.82) is 0 Å². The third-order valence-corrected chi connectivity index (χ3v) is 3.96. The number of benzene rings is 1. The van der Waals surface area contributed by atoms with E-state index in [4.69, 9.17) is 4.74 Å². The molecule has 3 aromatic heterocycles. The van der Waals surface area contributed by atoms with Crippen LogP contribution < -0.4 is 5.56 Å². The standard InChI is InChI=1S/C17H15N5O2/c1-24-10-9-21-8-7-14-15(17(21)23)19-20-16-13(11-18-22(14)16)12-5-3-2-4-6-12/h2-8,11H,9-10H2,1H3. The molecule has 0 aliphatic rings. The monoisotopic (exact) mass is 321 g/mol. The molecule has 0 N–H and O–H groups in total. The Morgan fingerprint density at radius 2 is 1.96 bits per heavy atom. The van der Waals surface area contributed by atoms with Crippen LogP contribution in [0, 0.1) is 0 Å². The SMILES string of the molecule is COCCn1ccc2c(nnc3c(-c4ccccc4)cnn32)c1=O. The maximum absolute atomic E-state index is 12.5. The fourth-order valence-corrected chi connectivity index (χ4v) is 2.72. The van der Waals surface area contributed by atoms with E-state index in [2.05, 4.69) is 15.3 Å². The molecular weight excluding hydrogens is 306 g/mol. The molecule has 4 aromatic rings. The number of methoxy groups -OCH3 is 1. The molecule has 0 atom stereocenters. The number of fused-ring (bicyclic) bond motifs is 3. The topological polar surface area (TPSA) is 74.3 Å². The van der Waals surface area contributed by atoms with Gasteiger partial charge in [-0.05, 0) is 11.6 Å². The quantitative estimate of drug-likeness (QED) is 0.572. The maximum Gasteiger partial charge on any atom is 0.280 e. The molecule has 0 unspecified atom stereocenters. The predicted molar refractivity (Wildman–Crippen MR) is 89.9 cm³/mol. The molecule has 0 saturated carbocycles. The minimum absolute atomic E-state index is 0.198. The Hall–Kier alpha value is -3.06. The van der Waals surface area contributed by atoms with Gasteiger partial charge in [0.2, 0.25) is 0 Å². The first-order chi connectivity index (χ1) is 11.8. The highest BCUT2D eigenvalue weighted by Gasteiger charge is 2.13. The Morgan fingerprint density at radius 3 is 2.75 bits per heavy atom. The zero-order valence-electron chi connectivity index (χ0n) is 13.1. The maximum atomic E-state index is 12.5. The molecule has 24 heavy (non-hydrogen) atoms. The van der Waals surface area contributed by atoms with Crippen LogP contribution in [0.4, 0.5) is 0 Å². The van der Waals surface area contributed by atoms with Crippen molar-refractivity contribution < 1.29 is 4.74 Å². The van der Waals surface area contributed by atoms with Crippen LogP contribution in [-0.4, -0.2) is 38.1 Å². The number of hydrogen-bond donors (Lipinski definition) is 0. The Labute approximate surface area is 137 Å². The Kier molecular flexibility index (Phi) is 3.55. The van der Waals surface area contributed by atoms with Crippen LogP contribution in [0.25, 0.3) is 27.8 Å². The first kappa shape index (κ1) is 14.5. The van der Waals surface area contributed by atoms with Gasteiger partial charge in [0.15, 0.2) is 11.2 Å². The first-order valence-corrected chi connectivity index (χ1v) is 7.57. The molecule has 4 rings (SSSR count). The lowest BCUT2D eigenvalue weighted by Crippen LogP contribution is -2.23. The molecule has 0 aliphatic heterocycles. The van der Waals surface area contributed by atoms with E-state index in [0.717, 1.165) is 11.1 Å². The van der Waals surface area contributed by atoms with Crippen LogP contribution in [0.5, 0.6) is 0 Å². The highest BCUT2D eigenvalue weighted by atomic mass is 16.5. The van der Waals surface area contributed by atoms with Crippen molar-refractivity contribution in [3.8, 4) is 11.1 Å². The van der Waals surface area contributed by atoms with Gasteiger partial charge in [0.05, 0.1) is 12.8 Å². The van der Waals surface area contributed by atoms with Crippen molar-refractivity contribution >= 4 is 16.7 Å². The van der Waals surface area contributed by atoms with Gasteiger partial charge < -0.3 is 9.30 Å². The van der Waals surface area contributed by atoms with Gasteiger partial charge in [-0.1, -0.05) is 30.3 Å². The molecule has 120 valence electrons. The molecule has 0 fully saturated rings. The number of nitrogens with zero attached hydrogens (tertiary/aromatic N) is 5. The van der Waals surface area contributed by atoms with E-state index in [1.54, 1.807) is 28.6 Å². The van der Waals surface area contributed by atoms with E-state index >= 15 is 0 Å². The van der Waals surface area contributed by atoms with E-state index in [1.807, 2.05) is 36.4 Å². The molecule has 0 saturated heterocycles. The summed E-state index contributed by atoms with van der Waals surface area (Å²) in [6.45, 7) is 0.931. The summed E-state index contributed by atoms with van der Waals surface area (Å²) < 4.78 is 8.24. The third kappa shape index (κ3) is 2.26. The van der Waals surface area contributed by atoms with E-state index < -0.39 is 0 Å². The predicted octanol–water partition coefficient (Wildman–Crippen LogP) is 1.75. The Morgan fingerprint density at radius 1 is 1.12 bits per heavy atom. The molecule has 7 nitrogen and oxygen atoms in total. The lowest BCUT2D eigenvalue weighted by molar-refractivity contribution is 0.186. The van der Waals surface area contributed by atoms with Crippen molar-refractivity contribution in [2.24, 2.45) is 0 Å². The molecule has 7 heteroatoms. The Balaban J connectivity index is 1.92. The Bertz CT molecular complexity index is 1070. The first-order valence-electron chi connectivity index (χ1n) is 7.57. The summed E-state index contributed by atoms with van der Waals surface area (Å²) in [5.74, 6) is 0. The third-order valence-electron chi connectivity index (χ3n) is 3.96. The lowest BCUT2D eigenvalue weighted by atomic mass is 10.1. The van der Waals surface area contributed by atoms with Crippen molar-refractivity contribution in [3.63, 3.8) is 0 Å². The van der Waals surface area contributed by atoms with Crippen molar-refractivity contribution in [2.75, 3.05) is 13.7 Å². The largest absolute Gasteiger partial charge is 0.383 e. The van der Waals surface area contributed by atoms with E-state index in [1.165, 1.54) is 0 Å². The second-order valence-electron chi connectivity index (χ2n) is 5.40. The fraction of sp³-hybridized carbons (Fsp3) is 0.176. The highest BCUT2D eigenvalue weighted by Crippen LogP contribution is 2.23. The van der Waals surface area contributed by atoms with Crippen LogP contribution in [0.2, 0.25) is 0 Å². The van der Waals surface area contributed by atoms with Gasteiger partial charge in [-0.2, -0.15) is 5.10 Å². The van der Waals surface area contributed by atoms with E-state index in [0.29, 0.717) is 29.8 Å². The van der Waals surface area contributed by atoms with Gasteiger partial charge in [0.25, 0.3) is 5.56 Å². The van der Waals surface area contributed by atoms with E-state index in [9.17, 15) is 4.79 Å². The second-order valence-corrected chi connectivity index (χ2v) is 5.40. The van der Waals surface area contributed by atoms with Crippen LogP contribution in [0.1, 0.15) is 0 Å². The number of ether oxygens (including phenoxy) is 1. The molecular formula is C17H15N5O2. The van der Waals surface area contributed by atoms with Crippen molar-refractivity contribution in [3.05, 3.63) is 59.1 Å². The minimum Gasteiger partial charge on any atom is -0.383 e. The zero-order valence-corrected chi connectivity index (χ0v) is 13.1. The molecule has 0 spiro atoms. The summed E-state index contributed by atoms with van der Waals surface area (Å²) in [6.07, 6.45) is 3.48. The molecule has 0 bridgehead atoms. The number of rotatable bonds is 4. The van der Waals surface area contributed by atoms with Gasteiger partial charge in [-0.15, -0.1) is 10.2 Å². The minimum atomic E-state index is -0.198. The summed E-state index contributed by atoms with van der Waals surface area (Å²) in [4.78, 5) is 12.5. The average molecular weight is 321 g/mol. The van der Waals surface area contributed by atoms with Crippen LogP contribution in [0.15, 0.2) is 53.6 Å². The second kappa shape index (κ2) is 5.86. The molecule has 0 amide bonds. The van der Waals surface area contributed by atoms with Gasteiger partial charge in [-0.25, -0.2) is 4.52 Å². The molecule has 1 aromatic carbocycles. The van der Waals surface area contributed by atoms with Gasteiger partial charge >= 0.3 is 0 Å². The van der Waals surface area contributed by atoms with Crippen molar-refractivity contribution in [1.82, 2.24) is 24.4 Å². The zero-order chi connectivity index (χ0) is 16.5. The van der Waals surface area contributed by atoms with Gasteiger partial charge in [-0.3, -0.25) is 4.79 Å². The fourth-order valence-electron chi connectivity index (χ4n) is 2.72.